The van der Waals surface area contributed by atoms with Crippen molar-refractivity contribution in [1.29, 1.82) is 0 Å². The summed E-state index contributed by atoms with van der Waals surface area (Å²) >= 11 is 7.94. The lowest BCUT2D eigenvalue weighted by atomic mass is 10.0. The second-order valence-electron chi connectivity index (χ2n) is 4.89. The number of halogens is 1. The summed E-state index contributed by atoms with van der Waals surface area (Å²) in [6.45, 7) is -0.251. The van der Waals surface area contributed by atoms with Gasteiger partial charge in [0.15, 0.2) is 0 Å². The number of fused-ring (bicyclic) bond motifs is 2. The van der Waals surface area contributed by atoms with Crippen LogP contribution in [0.2, 0.25) is 5.02 Å². The fraction of sp³-hybridized carbons (Fsp3) is 0.250. The van der Waals surface area contributed by atoms with Crippen molar-refractivity contribution in [2.75, 3.05) is 13.2 Å². The van der Waals surface area contributed by atoms with Gasteiger partial charge in [0.1, 0.15) is 18.5 Å². The summed E-state index contributed by atoms with van der Waals surface area (Å²) in [6, 6.07) is 11.8. The molecule has 0 amide bonds. The van der Waals surface area contributed by atoms with Crippen LogP contribution >= 0.6 is 23.4 Å². The number of rotatable bonds is 4. The van der Waals surface area contributed by atoms with Gasteiger partial charge in [-0.1, -0.05) is 41.6 Å². The number of ether oxygens (including phenoxy) is 1. The van der Waals surface area contributed by atoms with Crippen molar-refractivity contribution in [1.82, 2.24) is 0 Å². The van der Waals surface area contributed by atoms with Crippen molar-refractivity contribution < 1.29 is 14.9 Å². The third-order valence-electron chi connectivity index (χ3n) is 3.36. The maximum absolute atomic E-state index is 9.43. The molecule has 1 heterocycles. The molecule has 5 heteroatoms. The predicted octanol–water partition coefficient (Wildman–Crippen LogP) is 3.13. The summed E-state index contributed by atoms with van der Waals surface area (Å²) in [4.78, 5) is 2.19. The van der Waals surface area contributed by atoms with E-state index in [1.807, 2.05) is 24.3 Å². The van der Waals surface area contributed by atoms with E-state index in [-0.39, 0.29) is 13.2 Å². The monoisotopic (exact) mass is 322 g/mol. The number of benzene rings is 2. The molecule has 21 heavy (non-hydrogen) atoms. The van der Waals surface area contributed by atoms with Gasteiger partial charge in [0, 0.05) is 16.3 Å². The summed E-state index contributed by atoms with van der Waals surface area (Å²) < 4.78 is 5.64. The Kier molecular flexibility index (Phi) is 4.40. The lowest BCUT2D eigenvalue weighted by molar-refractivity contribution is 0.0527. The van der Waals surface area contributed by atoms with Crippen molar-refractivity contribution in [3.05, 3.63) is 52.5 Å². The Bertz CT molecular complexity index is 660. The second-order valence-corrected chi connectivity index (χ2v) is 6.35. The molecule has 1 aliphatic rings. The van der Waals surface area contributed by atoms with Gasteiger partial charge < -0.3 is 14.9 Å². The molecule has 3 nitrogen and oxygen atoms in total. The molecule has 1 unspecified atom stereocenters. The maximum atomic E-state index is 9.43. The topological polar surface area (TPSA) is 49.7 Å². The number of aliphatic hydroxyl groups is 2. The van der Waals surface area contributed by atoms with Crippen molar-refractivity contribution in [2.45, 2.75) is 22.3 Å². The quantitative estimate of drug-likeness (QED) is 0.775. The molecule has 1 atom stereocenters. The predicted molar refractivity (Wildman–Crippen MR) is 83.4 cm³/mol. The third-order valence-corrected chi connectivity index (χ3v) is 4.99. The summed E-state index contributed by atoms with van der Waals surface area (Å²) in [5, 5.41) is 19.0. The van der Waals surface area contributed by atoms with Crippen LogP contribution in [0.5, 0.6) is 5.75 Å². The standard InChI is InChI=1S/C16H15ClO3S/c17-13-5-6-14(20-9-11(19)8-18)16-12(13)7-10-3-1-2-4-15(10)21-16/h1-6,11,18-19H,7-9H2. The molecule has 2 N–H and O–H groups in total. The minimum absolute atomic E-state index is 0.0623. The summed E-state index contributed by atoms with van der Waals surface area (Å²) in [7, 11) is 0. The minimum Gasteiger partial charge on any atom is -0.490 e. The highest BCUT2D eigenvalue weighted by Gasteiger charge is 2.22. The fourth-order valence-corrected chi connectivity index (χ4v) is 3.71. The van der Waals surface area contributed by atoms with Crippen LogP contribution in [0, 0.1) is 0 Å². The summed E-state index contributed by atoms with van der Waals surface area (Å²) in [6.07, 6.45) is -0.103. The molecular weight excluding hydrogens is 308 g/mol. The van der Waals surface area contributed by atoms with E-state index in [1.165, 1.54) is 10.5 Å². The number of aliphatic hydroxyl groups excluding tert-OH is 2. The minimum atomic E-state index is -0.878. The van der Waals surface area contributed by atoms with Crippen molar-refractivity contribution in [3.8, 4) is 5.75 Å². The van der Waals surface area contributed by atoms with Gasteiger partial charge in [0.05, 0.1) is 11.5 Å². The van der Waals surface area contributed by atoms with E-state index in [1.54, 1.807) is 11.8 Å². The molecular formula is C16H15ClO3S. The molecule has 0 bridgehead atoms. The van der Waals surface area contributed by atoms with Gasteiger partial charge >= 0.3 is 0 Å². The zero-order valence-corrected chi connectivity index (χ0v) is 12.8. The third kappa shape index (κ3) is 3.04. The Hall–Kier alpha value is -1.20. The summed E-state index contributed by atoms with van der Waals surface area (Å²) in [5.74, 6) is 0.696. The number of hydrogen-bond acceptors (Lipinski definition) is 4. The van der Waals surface area contributed by atoms with Crippen molar-refractivity contribution >= 4 is 23.4 Å². The molecule has 0 saturated heterocycles. The van der Waals surface area contributed by atoms with Crippen molar-refractivity contribution in [3.63, 3.8) is 0 Å². The van der Waals surface area contributed by atoms with E-state index in [9.17, 15) is 5.11 Å². The van der Waals surface area contributed by atoms with Gasteiger partial charge in [-0.25, -0.2) is 0 Å². The molecule has 0 aromatic heterocycles. The van der Waals surface area contributed by atoms with Gasteiger partial charge in [0.25, 0.3) is 0 Å². The SMILES string of the molecule is OCC(O)COc1ccc(Cl)c2c1Sc1ccccc1C2. The van der Waals surface area contributed by atoms with Gasteiger partial charge in [-0.3, -0.25) is 0 Å². The van der Waals surface area contributed by atoms with E-state index >= 15 is 0 Å². The first kappa shape index (κ1) is 14.7. The van der Waals surface area contributed by atoms with E-state index in [4.69, 9.17) is 21.4 Å². The molecule has 110 valence electrons. The van der Waals surface area contributed by atoms with Gasteiger partial charge in [0.2, 0.25) is 0 Å². The van der Waals surface area contributed by atoms with Crippen LogP contribution in [0.3, 0.4) is 0 Å². The van der Waals surface area contributed by atoms with Crippen LogP contribution in [0.4, 0.5) is 0 Å². The molecule has 0 saturated carbocycles. The van der Waals surface area contributed by atoms with E-state index in [2.05, 4.69) is 12.1 Å². The molecule has 2 aromatic rings. The second kappa shape index (κ2) is 6.28. The first-order valence-corrected chi connectivity index (χ1v) is 7.87. The Morgan fingerprint density at radius 2 is 2.05 bits per heavy atom. The fourth-order valence-electron chi connectivity index (χ4n) is 2.26. The van der Waals surface area contributed by atoms with E-state index in [0.717, 1.165) is 21.9 Å². The van der Waals surface area contributed by atoms with Crippen LogP contribution in [0.1, 0.15) is 11.1 Å². The number of hydrogen-bond donors (Lipinski definition) is 2. The first-order valence-electron chi connectivity index (χ1n) is 6.68. The summed E-state index contributed by atoms with van der Waals surface area (Å²) in [5.41, 5.74) is 2.31. The lowest BCUT2D eigenvalue weighted by Crippen LogP contribution is -2.21. The van der Waals surface area contributed by atoms with Gasteiger partial charge in [-0.2, -0.15) is 0 Å². The normalized spacial score (nSPS) is 14.2. The van der Waals surface area contributed by atoms with Crippen LogP contribution in [0.25, 0.3) is 0 Å². The smallest absolute Gasteiger partial charge is 0.133 e. The van der Waals surface area contributed by atoms with Gasteiger partial charge in [-0.15, -0.1) is 0 Å². The highest BCUT2D eigenvalue weighted by Crippen LogP contribution is 2.46. The molecule has 1 aliphatic heterocycles. The lowest BCUT2D eigenvalue weighted by Gasteiger charge is -2.23. The average molecular weight is 323 g/mol. The van der Waals surface area contributed by atoms with Gasteiger partial charge in [-0.05, 0) is 29.3 Å². The zero-order chi connectivity index (χ0) is 14.8. The largest absolute Gasteiger partial charge is 0.490 e. The maximum Gasteiger partial charge on any atom is 0.133 e. The highest BCUT2D eigenvalue weighted by molar-refractivity contribution is 7.99. The van der Waals surface area contributed by atoms with E-state index < -0.39 is 6.10 Å². The molecule has 0 fully saturated rings. The molecule has 0 radical (unpaired) electrons. The van der Waals surface area contributed by atoms with E-state index in [0.29, 0.717) is 5.75 Å². The van der Waals surface area contributed by atoms with Crippen LogP contribution in [-0.2, 0) is 6.42 Å². The Morgan fingerprint density at radius 3 is 2.86 bits per heavy atom. The van der Waals surface area contributed by atoms with Crippen molar-refractivity contribution in [2.24, 2.45) is 0 Å². The molecule has 0 spiro atoms. The molecule has 2 aromatic carbocycles. The Morgan fingerprint density at radius 1 is 1.24 bits per heavy atom. The van der Waals surface area contributed by atoms with Crippen LogP contribution in [-0.4, -0.2) is 29.5 Å². The average Bonchev–Trinajstić information content (AvgIpc) is 2.52. The Balaban J connectivity index is 1.92. The molecule has 0 aliphatic carbocycles. The zero-order valence-electron chi connectivity index (χ0n) is 11.3. The first-order chi connectivity index (χ1) is 10.2. The van der Waals surface area contributed by atoms with Crippen LogP contribution < -0.4 is 4.74 Å². The Labute approximate surface area is 132 Å². The highest BCUT2D eigenvalue weighted by atomic mass is 35.5. The van der Waals surface area contributed by atoms with Crippen LogP contribution in [0.15, 0.2) is 46.2 Å². The molecule has 3 rings (SSSR count).